The number of carboxylic acid groups (broad SMARTS) is 1. The van der Waals surface area contributed by atoms with Crippen molar-refractivity contribution in [2.45, 2.75) is 18.9 Å². The van der Waals surface area contributed by atoms with Gasteiger partial charge in [0.25, 0.3) is 0 Å². The van der Waals surface area contributed by atoms with Crippen LogP contribution >= 0.6 is 12.8 Å². The van der Waals surface area contributed by atoms with E-state index in [1.807, 2.05) is 0 Å². The van der Waals surface area contributed by atoms with E-state index in [0.29, 0.717) is 13.0 Å². The lowest BCUT2D eigenvalue weighted by Crippen LogP contribution is -2.30. The number of carbonyl (C=O) groups is 1. The Morgan fingerprint density at radius 1 is 1.80 bits per heavy atom. The van der Waals surface area contributed by atoms with Gasteiger partial charge in [0.05, 0.1) is 0 Å². The predicted molar refractivity (Wildman–Crippen MR) is 41.8 cm³/mol. The first kappa shape index (κ1) is 9.74. The number of aliphatic carboxylic acids is 1. The van der Waals surface area contributed by atoms with Gasteiger partial charge in [-0.05, 0) is 12.8 Å². The van der Waals surface area contributed by atoms with Crippen molar-refractivity contribution in [3.8, 4) is 0 Å². The van der Waals surface area contributed by atoms with E-state index >= 15 is 0 Å². The van der Waals surface area contributed by atoms with E-state index in [4.69, 9.17) is 10.8 Å². The largest absolute Gasteiger partial charge is 0.480 e. The summed E-state index contributed by atoms with van der Waals surface area (Å²) < 4.78 is 2.61. The van der Waals surface area contributed by atoms with Crippen LogP contribution in [0, 0.1) is 0 Å². The van der Waals surface area contributed by atoms with Crippen LogP contribution in [0.15, 0.2) is 0 Å². The molecule has 0 bridgehead atoms. The van der Waals surface area contributed by atoms with Crippen molar-refractivity contribution in [1.82, 2.24) is 4.72 Å². The summed E-state index contributed by atoms with van der Waals surface area (Å²) in [6, 6.07) is -0.735. The molecule has 0 heterocycles. The minimum atomic E-state index is -0.945. The van der Waals surface area contributed by atoms with Crippen LogP contribution in [0.2, 0.25) is 0 Å². The molecule has 60 valence electrons. The van der Waals surface area contributed by atoms with Gasteiger partial charge >= 0.3 is 5.97 Å². The highest BCUT2D eigenvalue weighted by molar-refractivity contribution is 7.78. The fourth-order valence-electron chi connectivity index (χ4n) is 0.525. The lowest BCUT2D eigenvalue weighted by Gasteiger charge is -2.03. The Bertz CT molecular complexity index is 110. The second-order valence-corrected chi connectivity index (χ2v) is 2.31. The first-order valence-corrected chi connectivity index (χ1v) is 3.48. The molecule has 0 spiro atoms. The molecule has 1 atom stereocenters. The zero-order valence-corrected chi connectivity index (χ0v) is 6.47. The Labute approximate surface area is 65.3 Å². The summed E-state index contributed by atoms with van der Waals surface area (Å²) in [4.78, 5) is 10.1. The van der Waals surface area contributed by atoms with E-state index in [9.17, 15) is 4.79 Å². The summed E-state index contributed by atoms with van der Waals surface area (Å²) in [6.45, 7) is 0.685. The van der Waals surface area contributed by atoms with Gasteiger partial charge < -0.3 is 10.8 Å². The van der Waals surface area contributed by atoms with E-state index in [-0.39, 0.29) is 0 Å². The average Bonchev–Trinajstić information content (AvgIpc) is 1.88. The molecule has 0 aliphatic heterocycles. The topological polar surface area (TPSA) is 75.3 Å². The molecule has 0 saturated heterocycles. The molecular formula is C5H12N2O2S. The Morgan fingerprint density at radius 3 is 2.80 bits per heavy atom. The Morgan fingerprint density at radius 2 is 2.40 bits per heavy atom. The van der Waals surface area contributed by atoms with Gasteiger partial charge in [-0.25, -0.2) is 0 Å². The summed E-state index contributed by atoms with van der Waals surface area (Å²) in [6.07, 6.45) is 1.22. The van der Waals surface area contributed by atoms with E-state index in [1.165, 1.54) is 0 Å². The molecule has 4 N–H and O–H groups in total. The molecule has 5 heteroatoms. The zero-order chi connectivity index (χ0) is 7.98. The van der Waals surface area contributed by atoms with Crippen molar-refractivity contribution in [2.24, 2.45) is 5.73 Å². The standard InChI is InChI=1S/C5H12N2O2S/c6-4(5(8)9)2-1-3-7-10/h4,7,10H,1-3,6H2,(H,8,9). The number of rotatable bonds is 5. The Hall–Kier alpha value is -0.260. The molecule has 1 unspecified atom stereocenters. The summed E-state index contributed by atoms with van der Waals surface area (Å²) in [5.74, 6) is -0.945. The number of nitrogens with two attached hydrogens (primary N) is 1. The lowest BCUT2D eigenvalue weighted by atomic mass is 10.2. The van der Waals surface area contributed by atoms with Gasteiger partial charge in [-0.15, -0.1) is 0 Å². The Kier molecular flexibility index (Phi) is 5.38. The van der Waals surface area contributed by atoms with Gasteiger partial charge in [-0.3, -0.25) is 9.52 Å². The minimum Gasteiger partial charge on any atom is -0.480 e. The number of thiol groups is 1. The predicted octanol–water partition coefficient (Wildman–Crippen LogP) is -0.387. The third-order valence-corrected chi connectivity index (χ3v) is 1.34. The molecule has 0 radical (unpaired) electrons. The fraction of sp³-hybridized carbons (Fsp3) is 0.800. The molecule has 0 saturated carbocycles. The molecule has 0 amide bonds. The van der Waals surface area contributed by atoms with Crippen LogP contribution in [0.1, 0.15) is 12.8 Å². The molecule has 0 aromatic carbocycles. The highest BCUT2D eigenvalue weighted by atomic mass is 32.1. The van der Waals surface area contributed by atoms with Crippen LogP contribution in [0.3, 0.4) is 0 Å². The molecule has 4 nitrogen and oxygen atoms in total. The average molecular weight is 164 g/mol. The second kappa shape index (κ2) is 5.52. The minimum absolute atomic E-state index is 0.489. The van der Waals surface area contributed by atoms with Crippen LogP contribution in [-0.4, -0.2) is 23.7 Å². The smallest absolute Gasteiger partial charge is 0.320 e. The van der Waals surface area contributed by atoms with Crippen molar-refractivity contribution < 1.29 is 9.90 Å². The van der Waals surface area contributed by atoms with Crippen LogP contribution in [0.4, 0.5) is 0 Å². The SMILES string of the molecule is NC(CCCNS)C(=O)O. The zero-order valence-electron chi connectivity index (χ0n) is 5.58. The molecule has 0 rings (SSSR count). The van der Waals surface area contributed by atoms with Gasteiger partial charge in [-0.1, -0.05) is 12.8 Å². The van der Waals surface area contributed by atoms with Crippen LogP contribution in [0.25, 0.3) is 0 Å². The second-order valence-electron chi connectivity index (χ2n) is 2.00. The maximum Gasteiger partial charge on any atom is 0.320 e. The van der Waals surface area contributed by atoms with Crippen molar-refractivity contribution in [2.75, 3.05) is 6.54 Å². The maximum absolute atomic E-state index is 10.1. The van der Waals surface area contributed by atoms with Crippen molar-refractivity contribution in [1.29, 1.82) is 0 Å². The first-order chi connectivity index (χ1) is 4.68. The van der Waals surface area contributed by atoms with Gasteiger partial charge in [0.2, 0.25) is 0 Å². The van der Waals surface area contributed by atoms with Crippen molar-refractivity contribution in [3.63, 3.8) is 0 Å². The number of hydrogen-bond acceptors (Lipinski definition) is 4. The third kappa shape index (κ3) is 4.60. The molecule has 0 aliphatic rings. The van der Waals surface area contributed by atoms with E-state index in [1.54, 1.807) is 0 Å². The van der Waals surface area contributed by atoms with Crippen molar-refractivity contribution >= 4 is 18.8 Å². The number of nitrogens with one attached hydrogen (secondary N) is 1. The van der Waals surface area contributed by atoms with Crippen LogP contribution < -0.4 is 10.5 Å². The van der Waals surface area contributed by atoms with E-state index in [0.717, 1.165) is 6.42 Å². The highest BCUT2D eigenvalue weighted by Crippen LogP contribution is 1.92. The van der Waals surface area contributed by atoms with E-state index in [2.05, 4.69) is 17.5 Å². The monoisotopic (exact) mass is 164 g/mol. The number of carboxylic acids is 1. The molecular weight excluding hydrogens is 152 g/mol. The van der Waals surface area contributed by atoms with Gasteiger partial charge in [0.1, 0.15) is 6.04 Å². The van der Waals surface area contributed by atoms with Gasteiger partial charge in [0.15, 0.2) is 0 Å². The summed E-state index contributed by atoms with van der Waals surface area (Å²) >= 11 is 3.74. The highest BCUT2D eigenvalue weighted by Gasteiger charge is 2.09. The summed E-state index contributed by atoms with van der Waals surface area (Å²) in [5.41, 5.74) is 5.20. The van der Waals surface area contributed by atoms with Crippen LogP contribution in [-0.2, 0) is 4.79 Å². The summed E-state index contributed by atoms with van der Waals surface area (Å²) in [7, 11) is 0. The molecule has 0 aliphatic carbocycles. The van der Waals surface area contributed by atoms with Gasteiger partial charge in [0, 0.05) is 6.54 Å². The van der Waals surface area contributed by atoms with Gasteiger partial charge in [-0.2, -0.15) is 0 Å². The van der Waals surface area contributed by atoms with E-state index < -0.39 is 12.0 Å². The first-order valence-electron chi connectivity index (χ1n) is 3.04. The lowest BCUT2D eigenvalue weighted by molar-refractivity contribution is -0.138. The number of hydrogen-bond donors (Lipinski definition) is 4. The quantitative estimate of drug-likeness (QED) is 0.330. The fourth-order valence-corrected chi connectivity index (χ4v) is 0.683. The molecule has 10 heavy (non-hydrogen) atoms. The summed E-state index contributed by atoms with van der Waals surface area (Å²) in [5, 5.41) is 8.32. The maximum atomic E-state index is 10.1. The normalized spacial score (nSPS) is 13.0. The van der Waals surface area contributed by atoms with Crippen molar-refractivity contribution in [3.05, 3.63) is 0 Å². The molecule has 0 fully saturated rings. The Balaban J connectivity index is 3.21. The molecule has 0 aromatic rings. The third-order valence-electron chi connectivity index (χ3n) is 1.12. The molecule has 0 aromatic heterocycles. The van der Waals surface area contributed by atoms with Crippen LogP contribution in [0.5, 0.6) is 0 Å².